The topological polar surface area (TPSA) is 90.4 Å². The van der Waals surface area contributed by atoms with Crippen LogP contribution in [-0.2, 0) is 6.54 Å². The summed E-state index contributed by atoms with van der Waals surface area (Å²) < 4.78 is 10.6. The van der Waals surface area contributed by atoms with Gasteiger partial charge in [0.05, 0.1) is 24.8 Å². The number of hydrogen-bond donors (Lipinski definition) is 1. The molecule has 0 aliphatic heterocycles. The Hall–Kier alpha value is -2.41. The molecule has 7 nitrogen and oxygen atoms in total. The van der Waals surface area contributed by atoms with Gasteiger partial charge in [0.25, 0.3) is 0 Å². The van der Waals surface area contributed by atoms with Crippen LogP contribution in [0.1, 0.15) is 19.2 Å². The zero-order valence-electron chi connectivity index (χ0n) is 12.0. The molecule has 0 amide bonds. The van der Waals surface area contributed by atoms with Gasteiger partial charge in [-0.1, -0.05) is 6.92 Å². The second-order valence-electron chi connectivity index (χ2n) is 4.44. The van der Waals surface area contributed by atoms with E-state index >= 15 is 0 Å². The van der Waals surface area contributed by atoms with Gasteiger partial charge in [0.2, 0.25) is 5.89 Å². The Morgan fingerprint density at radius 1 is 1.48 bits per heavy atom. The molecule has 0 unspecified atom stereocenters. The van der Waals surface area contributed by atoms with Gasteiger partial charge >= 0.3 is 5.69 Å². The van der Waals surface area contributed by atoms with E-state index in [0.29, 0.717) is 23.8 Å². The third-order valence-electron chi connectivity index (χ3n) is 2.92. The summed E-state index contributed by atoms with van der Waals surface area (Å²) in [6.45, 7) is 3.49. The Bertz CT molecular complexity index is 624. The lowest BCUT2D eigenvalue weighted by Crippen LogP contribution is -2.13. The molecule has 0 fully saturated rings. The second kappa shape index (κ2) is 6.85. The van der Waals surface area contributed by atoms with E-state index in [0.717, 1.165) is 13.0 Å². The minimum Gasteiger partial charge on any atom is -0.490 e. The van der Waals surface area contributed by atoms with Crippen molar-refractivity contribution in [3.8, 4) is 17.1 Å². The van der Waals surface area contributed by atoms with E-state index in [9.17, 15) is 10.1 Å². The molecular formula is C14H17N3O4. The number of ether oxygens (including phenoxy) is 1. The molecule has 0 aliphatic rings. The van der Waals surface area contributed by atoms with Gasteiger partial charge in [-0.2, -0.15) is 0 Å². The van der Waals surface area contributed by atoms with Crippen molar-refractivity contribution in [2.75, 3.05) is 13.7 Å². The fraction of sp³-hybridized carbons (Fsp3) is 0.357. The van der Waals surface area contributed by atoms with Gasteiger partial charge in [0, 0.05) is 11.6 Å². The molecule has 112 valence electrons. The Morgan fingerprint density at radius 3 is 2.95 bits per heavy atom. The average molecular weight is 291 g/mol. The highest BCUT2D eigenvalue weighted by Gasteiger charge is 2.17. The lowest BCUT2D eigenvalue weighted by molar-refractivity contribution is -0.385. The minimum absolute atomic E-state index is 0.0999. The van der Waals surface area contributed by atoms with Crippen LogP contribution >= 0.6 is 0 Å². The summed E-state index contributed by atoms with van der Waals surface area (Å²) in [6.07, 6.45) is 2.59. The van der Waals surface area contributed by atoms with Gasteiger partial charge in [-0.25, -0.2) is 4.98 Å². The Balaban J connectivity index is 2.22. The van der Waals surface area contributed by atoms with Gasteiger partial charge < -0.3 is 14.5 Å². The third-order valence-corrected chi connectivity index (χ3v) is 2.92. The monoisotopic (exact) mass is 291 g/mol. The fourth-order valence-corrected chi connectivity index (χ4v) is 1.88. The van der Waals surface area contributed by atoms with Crippen molar-refractivity contribution in [3.63, 3.8) is 0 Å². The quantitative estimate of drug-likeness (QED) is 0.479. The molecule has 0 radical (unpaired) electrons. The number of nitrogens with zero attached hydrogens (tertiary/aromatic N) is 2. The summed E-state index contributed by atoms with van der Waals surface area (Å²) >= 11 is 0. The van der Waals surface area contributed by atoms with E-state index in [1.165, 1.54) is 13.2 Å². The maximum atomic E-state index is 11.0. The number of methoxy groups -OCH3 is 1. The number of benzene rings is 1. The zero-order valence-corrected chi connectivity index (χ0v) is 12.0. The van der Waals surface area contributed by atoms with E-state index < -0.39 is 4.92 Å². The van der Waals surface area contributed by atoms with Crippen molar-refractivity contribution in [2.24, 2.45) is 0 Å². The predicted molar refractivity (Wildman–Crippen MR) is 77.1 cm³/mol. The minimum atomic E-state index is -0.484. The van der Waals surface area contributed by atoms with Crippen molar-refractivity contribution in [2.45, 2.75) is 19.9 Å². The van der Waals surface area contributed by atoms with Crippen LogP contribution in [0.2, 0.25) is 0 Å². The maximum absolute atomic E-state index is 11.0. The van der Waals surface area contributed by atoms with Crippen LogP contribution in [0.4, 0.5) is 5.69 Å². The molecule has 2 aromatic rings. The molecule has 1 aromatic heterocycles. The van der Waals surface area contributed by atoms with Gasteiger partial charge in [-0.15, -0.1) is 0 Å². The molecule has 0 atom stereocenters. The predicted octanol–water partition coefficient (Wildman–Crippen LogP) is 2.76. The van der Waals surface area contributed by atoms with E-state index in [1.54, 1.807) is 18.3 Å². The second-order valence-corrected chi connectivity index (χ2v) is 4.44. The third kappa shape index (κ3) is 3.57. The number of oxazole rings is 1. The van der Waals surface area contributed by atoms with Crippen molar-refractivity contribution in [1.29, 1.82) is 0 Å². The normalized spacial score (nSPS) is 10.6. The first-order valence-corrected chi connectivity index (χ1v) is 6.64. The highest BCUT2D eigenvalue weighted by Crippen LogP contribution is 2.32. The summed E-state index contributed by atoms with van der Waals surface area (Å²) in [5.74, 6) is 1.26. The molecule has 0 bridgehead atoms. The van der Waals surface area contributed by atoms with Crippen molar-refractivity contribution in [1.82, 2.24) is 10.3 Å². The molecule has 1 aromatic carbocycles. The van der Waals surface area contributed by atoms with Crippen LogP contribution in [-0.4, -0.2) is 23.6 Å². The number of rotatable bonds is 7. The molecule has 0 saturated heterocycles. The van der Waals surface area contributed by atoms with Crippen LogP contribution in [0.15, 0.2) is 28.8 Å². The van der Waals surface area contributed by atoms with Crippen molar-refractivity contribution in [3.05, 3.63) is 40.4 Å². The van der Waals surface area contributed by atoms with Crippen LogP contribution < -0.4 is 10.1 Å². The number of nitro groups is 1. The van der Waals surface area contributed by atoms with E-state index in [4.69, 9.17) is 9.15 Å². The van der Waals surface area contributed by atoms with Crippen molar-refractivity contribution < 1.29 is 14.1 Å². The molecule has 0 aliphatic carbocycles. The standard InChI is InChI=1S/C14H17N3O4/c1-3-6-15-9-14-16-8-13(21-14)10-4-5-12(20-2)11(7-10)17(18)19/h4-5,7-8,15H,3,6,9H2,1-2H3. The molecule has 1 heterocycles. The van der Waals surface area contributed by atoms with E-state index in [2.05, 4.69) is 17.2 Å². The first kappa shape index (κ1) is 15.0. The van der Waals surface area contributed by atoms with E-state index in [-0.39, 0.29) is 11.4 Å². The van der Waals surface area contributed by atoms with Crippen LogP contribution in [0, 0.1) is 10.1 Å². The molecule has 2 rings (SSSR count). The number of hydrogen-bond acceptors (Lipinski definition) is 6. The number of nitrogens with one attached hydrogen (secondary N) is 1. The average Bonchev–Trinajstić information content (AvgIpc) is 2.95. The summed E-state index contributed by atoms with van der Waals surface area (Å²) in [5, 5.41) is 14.2. The highest BCUT2D eigenvalue weighted by atomic mass is 16.6. The summed E-state index contributed by atoms with van der Waals surface area (Å²) in [7, 11) is 1.40. The Kier molecular flexibility index (Phi) is 4.89. The van der Waals surface area contributed by atoms with Crippen LogP contribution in [0.3, 0.4) is 0 Å². The number of nitro benzene ring substituents is 1. The zero-order chi connectivity index (χ0) is 15.2. The molecule has 0 spiro atoms. The first-order valence-electron chi connectivity index (χ1n) is 6.64. The first-order chi connectivity index (χ1) is 10.2. The highest BCUT2D eigenvalue weighted by molar-refractivity contribution is 5.64. The van der Waals surface area contributed by atoms with Gasteiger partial charge in [-0.05, 0) is 25.1 Å². The van der Waals surface area contributed by atoms with Gasteiger partial charge in [-0.3, -0.25) is 10.1 Å². The molecular weight excluding hydrogens is 274 g/mol. The van der Waals surface area contributed by atoms with Gasteiger partial charge in [0.15, 0.2) is 11.5 Å². The summed E-state index contributed by atoms with van der Waals surface area (Å²) in [5.41, 5.74) is 0.494. The lowest BCUT2D eigenvalue weighted by atomic mass is 10.1. The SMILES string of the molecule is CCCNCc1ncc(-c2ccc(OC)c([N+](=O)[O-])c2)o1. The molecule has 21 heavy (non-hydrogen) atoms. The van der Waals surface area contributed by atoms with Crippen LogP contribution in [0.25, 0.3) is 11.3 Å². The lowest BCUT2D eigenvalue weighted by Gasteiger charge is -2.03. The fourth-order valence-electron chi connectivity index (χ4n) is 1.88. The largest absolute Gasteiger partial charge is 0.490 e. The smallest absolute Gasteiger partial charge is 0.311 e. The molecule has 0 saturated carbocycles. The number of aromatic nitrogens is 1. The summed E-state index contributed by atoms with van der Waals surface area (Å²) in [6, 6.07) is 4.67. The van der Waals surface area contributed by atoms with Crippen molar-refractivity contribution >= 4 is 5.69 Å². The van der Waals surface area contributed by atoms with Gasteiger partial charge in [0.1, 0.15) is 0 Å². The summed E-state index contributed by atoms with van der Waals surface area (Å²) in [4.78, 5) is 14.7. The molecule has 7 heteroatoms. The van der Waals surface area contributed by atoms with E-state index in [1.807, 2.05) is 0 Å². The Morgan fingerprint density at radius 2 is 2.29 bits per heavy atom. The molecule has 1 N–H and O–H groups in total. The maximum Gasteiger partial charge on any atom is 0.311 e. The Labute approximate surface area is 122 Å². The van der Waals surface area contributed by atoms with Crippen LogP contribution in [0.5, 0.6) is 5.75 Å².